The Morgan fingerprint density at radius 1 is 1.89 bits per heavy atom. The molecule has 0 saturated carbocycles. The van der Waals surface area contributed by atoms with E-state index in [1.807, 2.05) is 6.07 Å². The van der Waals surface area contributed by atoms with Crippen LogP contribution in [-0.2, 0) is 11.3 Å². The maximum Gasteiger partial charge on any atom is 0.123 e. The summed E-state index contributed by atoms with van der Waals surface area (Å²) < 4.78 is 5.84. The zero-order valence-corrected chi connectivity index (χ0v) is 7.18. The van der Waals surface area contributed by atoms with Crippen LogP contribution in [0.25, 0.3) is 0 Å². The number of aromatic amines is 1. The first-order chi connectivity index (χ1) is 4.33. The number of hydrogen-bond acceptors (Lipinski definition) is 2. The molecule has 0 spiro atoms. The third-order valence-corrected chi connectivity index (χ3v) is 1.45. The number of nitrogens with one attached hydrogen (secondary N) is 1. The SMILES string of the molecule is COCc1cc(I)n[nH]1. The van der Waals surface area contributed by atoms with Gasteiger partial charge >= 0.3 is 0 Å². The Kier molecular flexibility index (Phi) is 2.47. The molecule has 9 heavy (non-hydrogen) atoms. The van der Waals surface area contributed by atoms with Gasteiger partial charge in [0.2, 0.25) is 0 Å². The van der Waals surface area contributed by atoms with Gasteiger partial charge in [0.25, 0.3) is 0 Å². The molecule has 0 fully saturated rings. The number of halogens is 1. The van der Waals surface area contributed by atoms with Gasteiger partial charge in [0.1, 0.15) is 3.70 Å². The van der Waals surface area contributed by atoms with E-state index in [0.717, 1.165) is 9.39 Å². The molecular formula is C5H7IN2O. The fraction of sp³-hybridized carbons (Fsp3) is 0.400. The lowest BCUT2D eigenvalue weighted by molar-refractivity contribution is 0.181. The van der Waals surface area contributed by atoms with Crippen molar-refractivity contribution in [1.29, 1.82) is 0 Å². The van der Waals surface area contributed by atoms with E-state index in [1.165, 1.54) is 0 Å². The summed E-state index contributed by atoms with van der Waals surface area (Å²) in [5, 5.41) is 6.74. The fourth-order valence-corrected chi connectivity index (χ4v) is 1.06. The zero-order valence-electron chi connectivity index (χ0n) is 5.02. The summed E-state index contributed by atoms with van der Waals surface area (Å²) >= 11 is 2.14. The molecule has 1 heterocycles. The minimum absolute atomic E-state index is 0.607. The third-order valence-electron chi connectivity index (χ3n) is 0.899. The molecular weight excluding hydrogens is 231 g/mol. The molecule has 0 unspecified atom stereocenters. The molecule has 3 nitrogen and oxygen atoms in total. The van der Waals surface area contributed by atoms with Crippen LogP contribution in [0.4, 0.5) is 0 Å². The summed E-state index contributed by atoms with van der Waals surface area (Å²) in [5.74, 6) is 0. The van der Waals surface area contributed by atoms with Crippen LogP contribution < -0.4 is 0 Å². The molecule has 1 rings (SSSR count). The molecule has 1 aromatic heterocycles. The normalized spacial score (nSPS) is 10.0. The van der Waals surface area contributed by atoms with Crippen molar-refractivity contribution in [2.45, 2.75) is 6.61 Å². The van der Waals surface area contributed by atoms with Crippen LogP contribution >= 0.6 is 22.6 Å². The molecule has 0 bridgehead atoms. The summed E-state index contributed by atoms with van der Waals surface area (Å²) in [5.41, 5.74) is 1.02. The lowest BCUT2D eigenvalue weighted by atomic mass is 10.5. The van der Waals surface area contributed by atoms with Gasteiger partial charge in [0.05, 0.1) is 12.3 Å². The molecule has 0 aromatic carbocycles. The Hall–Kier alpha value is -0.100. The lowest BCUT2D eigenvalue weighted by Crippen LogP contribution is -1.85. The average molecular weight is 238 g/mol. The Morgan fingerprint density at radius 2 is 2.67 bits per heavy atom. The van der Waals surface area contributed by atoms with Crippen LogP contribution in [0.15, 0.2) is 6.07 Å². The smallest absolute Gasteiger partial charge is 0.123 e. The maximum absolute atomic E-state index is 4.87. The topological polar surface area (TPSA) is 37.9 Å². The van der Waals surface area contributed by atoms with Gasteiger partial charge in [-0.05, 0) is 28.7 Å². The van der Waals surface area contributed by atoms with E-state index >= 15 is 0 Å². The van der Waals surface area contributed by atoms with Gasteiger partial charge in [-0.25, -0.2) is 0 Å². The fourth-order valence-electron chi connectivity index (χ4n) is 0.563. The van der Waals surface area contributed by atoms with Crippen molar-refractivity contribution in [2.24, 2.45) is 0 Å². The molecule has 0 aliphatic rings. The molecule has 0 aliphatic carbocycles. The van der Waals surface area contributed by atoms with Crippen LogP contribution in [0, 0.1) is 3.70 Å². The zero-order chi connectivity index (χ0) is 6.69. The third kappa shape index (κ3) is 1.94. The molecule has 0 amide bonds. The molecule has 50 valence electrons. The van der Waals surface area contributed by atoms with Crippen molar-refractivity contribution in [3.8, 4) is 0 Å². The molecule has 0 atom stereocenters. The highest BCUT2D eigenvalue weighted by Gasteiger charge is 1.94. The highest BCUT2D eigenvalue weighted by molar-refractivity contribution is 14.1. The Balaban J connectivity index is 2.61. The summed E-state index contributed by atoms with van der Waals surface area (Å²) in [6.45, 7) is 0.607. The highest BCUT2D eigenvalue weighted by Crippen LogP contribution is 2.02. The molecule has 4 heteroatoms. The highest BCUT2D eigenvalue weighted by atomic mass is 127. The average Bonchev–Trinajstić information content (AvgIpc) is 2.17. The van der Waals surface area contributed by atoms with E-state index in [0.29, 0.717) is 6.61 Å². The van der Waals surface area contributed by atoms with Crippen molar-refractivity contribution in [3.63, 3.8) is 0 Å². The summed E-state index contributed by atoms with van der Waals surface area (Å²) in [4.78, 5) is 0. The number of H-pyrrole nitrogens is 1. The number of aromatic nitrogens is 2. The van der Waals surface area contributed by atoms with Crippen LogP contribution in [0.3, 0.4) is 0 Å². The second-order valence-corrected chi connectivity index (χ2v) is 2.75. The second kappa shape index (κ2) is 3.17. The van der Waals surface area contributed by atoms with Crippen molar-refractivity contribution >= 4 is 22.6 Å². The molecule has 0 radical (unpaired) electrons. The Labute approximate surface area is 66.9 Å². The van der Waals surface area contributed by atoms with E-state index in [-0.39, 0.29) is 0 Å². The van der Waals surface area contributed by atoms with Crippen LogP contribution in [0.1, 0.15) is 5.69 Å². The predicted octanol–water partition coefficient (Wildman–Crippen LogP) is 1.16. The second-order valence-electron chi connectivity index (χ2n) is 1.65. The predicted molar refractivity (Wildman–Crippen MR) is 42.0 cm³/mol. The molecule has 0 aliphatic heterocycles. The van der Waals surface area contributed by atoms with Gasteiger partial charge in [-0.3, -0.25) is 5.10 Å². The first-order valence-corrected chi connectivity index (χ1v) is 3.59. The number of nitrogens with zero attached hydrogens (tertiary/aromatic N) is 1. The molecule has 1 N–H and O–H groups in total. The maximum atomic E-state index is 4.87. The largest absolute Gasteiger partial charge is 0.378 e. The summed E-state index contributed by atoms with van der Waals surface area (Å²) in [7, 11) is 1.66. The van der Waals surface area contributed by atoms with Crippen LogP contribution in [0.5, 0.6) is 0 Å². The number of ether oxygens (including phenoxy) is 1. The van der Waals surface area contributed by atoms with Crippen LogP contribution in [0.2, 0.25) is 0 Å². The first-order valence-electron chi connectivity index (χ1n) is 2.51. The summed E-state index contributed by atoms with van der Waals surface area (Å²) in [6.07, 6.45) is 0. The Bertz CT molecular complexity index is 187. The van der Waals surface area contributed by atoms with Crippen molar-refractivity contribution < 1.29 is 4.74 Å². The lowest BCUT2D eigenvalue weighted by Gasteiger charge is -1.89. The quantitative estimate of drug-likeness (QED) is 0.785. The van der Waals surface area contributed by atoms with E-state index in [9.17, 15) is 0 Å². The first kappa shape index (κ1) is 7.01. The van der Waals surface area contributed by atoms with E-state index < -0.39 is 0 Å². The molecule has 1 aromatic rings. The van der Waals surface area contributed by atoms with E-state index in [4.69, 9.17) is 4.74 Å². The van der Waals surface area contributed by atoms with Crippen molar-refractivity contribution in [1.82, 2.24) is 10.2 Å². The minimum Gasteiger partial charge on any atom is -0.378 e. The van der Waals surface area contributed by atoms with Gasteiger partial charge < -0.3 is 4.74 Å². The Morgan fingerprint density at radius 3 is 3.11 bits per heavy atom. The number of hydrogen-bond donors (Lipinski definition) is 1. The van der Waals surface area contributed by atoms with Crippen molar-refractivity contribution in [3.05, 3.63) is 15.5 Å². The van der Waals surface area contributed by atoms with Gasteiger partial charge in [0, 0.05) is 7.11 Å². The van der Waals surface area contributed by atoms with E-state index in [2.05, 4.69) is 32.8 Å². The van der Waals surface area contributed by atoms with Crippen molar-refractivity contribution in [2.75, 3.05) is 7.11 Å². The number of rotatable bonds is 2. The van der Waals surface area contributed by atoms with Gasteiger partial charge in [0.15, 0.2) is 0 Å². The number of methoxy groups -OCH3 is 1. The monoisotopic (exact) mass is 238 g/mol. The van der Waals surface area contributed by atoms with E-state index in [1.54, 1.807) is 7.11 Å². The van der Waals surface area contributed by atoms with Gasteiger partial charge in [-0.15, -0.1) is 0 Å². The molecule has 0 saturated heterocycles. The van der Waals surface area contributed by atoms with Crippen LogP contribution in [-0.4, -0.2) is 17.3 Å². The minimum atomic E-state index is 0.607. The van der Waals surface area contributed by atoms with Gasteiger partial charge in [-0.2, -0.15) is 5.10 Å². The van der Waals surface area contributed by atoms with Gasteiger partial charge in [-0.1, -0.05) is 0 Å². The standard InChI is InChI=1S/C5H7IN2O/c1-9-3-4-2-5(6)8-7-4/h2H,3H2,1H3,(H,7,8). The summed E-state index contributed by atoms with van der Waals surface area (Å²) in [6, 6.07) is 1.95.